The van der Waals surface area contributed by atoms with E-state index in [2.05, 4.69) is 30.4 Å². The quantitative estimate of drug-likeness (QED) is 0.289. The summed E-state index contributed by atoms with van der Waals surface area (Å²) in [6.45, 7) is 6.08. The van der Waals surface area contributed by atoms with Gasteiger partial charge in [0.2, 0.25) is 17.6 Å². The highest BCUT2D eigenvalue weighted by molar-refractivity contribution is 6.31. The molecule has 2 N–H and O–H groups in total. The van der Waals surface area contributed by atoms with Crippen molar-refractivity contribution in [2.45, 2.75) is 82.4 Å². The molecule has 61 heavy (non-hydrogen) atoms. The second kappa shape index (κ2) is 16.7. The molecule has 5 fully saturated rings. The van der Waals surface area contributed by atoms with E-state index >= 15 is 4.39 Å². The molecule has 0 bridgehead atoms. The van der Waals surface area contributed by atoms with Gasteiger partial charge in [-0.1, -0.05) is 11.6 Å². The number of nitrogens with one attached hydrogen (secondary N) is 2. The fourth-order valence-electron chi connectivity index (χ4n) is 9.95. The van der Waals surface area contributed by atoms with Gasteiger partial charge in [0, 0.05) is 56.7 Å². The minimum Gasteiger partial charge on any atom is -0.490 e. The van der Waals surface area contributed by atoms with Crippen molar-refractivity contribution in [1.82, 2.24) is 30.4 Å². The van der Waals surface area contributed by atoms with Gasteiger partial charge in [0.25, 0.3) is 17.7 Å². The summed E-state index contributed by atoms with van der Waals surface area (Å²) in [5.74, 6) is -1.98. The Morgan fingerprint density at radius 3 is 2.26 bits per heavy atom. The maximum Gasteiger partial charge on any atom is 0.289 e. The van der Waals surface area contributed by atoms with Gasteiger partial charge in [0.15, 0.2) is 0 Å². The van der Waals surface area contributed by atoms with Crippen LogP contribution in [0, 0.1) is 28.5 Å². The molecule has 1 saturated carbocycles. The first-order chi connectivity index (χ1) is 29.5. The topological polar surface area (TPSA) is 181 Å². The van der Waals surface area contributed by atoms with Gasteiger partial charge in [-0.05, 0) is 101 Å². The van der Waals surface area contributed by atoms with Crippen LogP contribution in [0.1, 0.15) is 101 Å². The second-order valence-corrected chi connectivity index (χ2v) is 17.9. The average molecular weight is 852 g/mol. The number of piperidine rings is 3. The summed E-state index contributed by atoms with van der Waals surface area (Å²) in [5.41, 5.74) is 1.73. The van der Waals surface area contributed by atoms with Gasteiger partial charge in [-0.15, -0.1) is 0 Å². The number of carbonyl (C=O) groups excluding carboxylic acids is 5. The minimum absolute atomic E-state index is 0.0103. The molecule has 15 nitrogen and oxygen atoms in total. The number of amides is 5. The molecule has 2 aromatic carbocycles. The number of anilines is 2. The molecule has 0 radical (unpaired) electrons. The molecule has 4 saturated heterocycles. The second-order valence-electron chi connectivity index (χ2n) is 17.5. The molecule has 1 aromatic heterocycles. The molecule has 1 atom stereocenters. The summed E-state index contributed by atoms with van der Waals surface area (Å²) in [5, 5.41) is 14.7. The number of hydrogen-bond donors (Lipinski definition) is 2. The van der Waals surface area contributed by atoms with Gasteiger partial charge < -0.3 is 24.8 Å². The number of aromatic nitrogens is 2. The Labute approximate surface area is 357 Å². The third-order valence-corrected chi connectivity index (χ3v) is 13.8. The van der Waals surface area contributed by atoms with E-state index in [0.29, 0.717) is 41.0 Å². The van der Waals surface area contributed by atoms with Crippen LogP contribution >= 0.6 is 11.6 Å². The van der Waals surface area contributed by atoms with Crippen molar-refractivity contribution >= 4 is 52.5 Å². The Bertz CT molecular complexity index is 2290. The monoisotopic (exact) mass is 851 g/mol. The molecule has 3 aromatic rings. The van der Waals surface area contributed by atoms with E-state index in [1.54, 1.807) is 30.6 Å². The third kappa shape index (κ3) is 8.25. The molecule has 5 aliphatic heterocycles. The lowest BCUT2D eigenvalue weighted by Crippen LogP contribution is -2.61. The van der Waals surface area contributed by atoms with Crippen molar-refractivity contribution in [3.05, 3.63) is 76.1 Å². The van der Waals surface area contributed by atoms with E-state index in [0.717, 1.165) is 101 Å². The van der Waals surface area contributed by atoms with Crippen molar-refractivity contribution < 1.29 is 33.1 Å². The predicted octanol–water partition coefficient (Wildman–Crippen LogP) is 4.48. The normalized spacial score (nSPS) is 24.3. The standard InChI is InChI=1S/C44H47ClFN9O6/c45-34-17-31(4-1-27(34)20-47)61-30-5-2-28(3-6-30)50-41(58)39-48-21-29(22-49-39)53-13-9-26(10-14-53)23-52-15-11-44(12-16-52)24-54(25-44)37-19-33-32(18-35(37)46)42(59)55(43(33)60)36-7-8-38(56)51-40(36)57/h1,4,17-19,21-22,26,28,30,36H,2-3,5-16,23-25H2,(H,50,58)(H,51,56,57)/t28-,30-,36?. The smallest absolute Gasteiger partial charge is 0.289 e. The van der Waals surface area contributed by atoms with Crippen molar-refractivity contribution in [3.8, 4) is 11.8 Å². The Morgan fingerprint density at radius 1 is 0.918 bits per heavy atom. The zero-order valence-electron chi connectivity index (χ0n) is 33.7. The number of imide groups is 2. The first-order valence-electron chi connectivity index (χ1n) is 21.2. The molecule has 1 spiro atoms. The molecular weight excluding hydrogens is 805 g/mol. The number of carbonyl (C=O) groups is 5. The Hall–Kier alpha value is -5.66. The highest BCUT2D eigenvalue weighted by atomic mass is 35.5. The van der Waals surface area contributed by atoms with Crippen molar-refractivity contribution in [1.29, 1.82) is 5.26 Å². The van der Waals surface area contributed by atoms with E-state index in [9.17, 15) is 24.0 Å². The summed E-state index contributed by atoms with van der Waals surface area (Å²) in [6, 6.07) is 8.60. The Kier molecular flexibility index (Phi) is 11.1. The van der Waals surface area contributed by atoms with Gasteiger partial charge in [0.1, 0.15) is 23.7 Å². The molecule has 9 rings (SSSR count). The van der Waals surface area contributed by atoms with Crippen LogP contribution in [-0.2, 0) is 9.59 Å². The fraction of sp³-hybridized carbons (Fsp3) is 0.500. The third-order valence-electron chi connectivity index (χ3n) is 13.5. The van der Waals surface area contributed by atoms with Crippen LogP contribution in [0.15, 0.2) is 42.7 Å². The fourth-order valence-corrected chi connectivity index (χ4v) is 10.2. The van der Waals surface area contributed by atoms with Crippen LogP contribution in [0.4, 0.5) is 15.8 Å². The number of benzene rings is 2. The maximum absolute atomic E-state index is 15.4. The SMILES string of the molecule is N#Cc1ccc(O[C@H]2CC[C@H](NC(=O)c3ncc(N4CCC(CN5CCC6(CC5)CN(c5cc7c(cc5F)C(=O)N(C5CCC(=O)NC5=O)C7=O)C6)CC4)cn3)CC2)cc1Cl. The Balaban J connectivity index is 0.692. The Morgan fingerprint density at radius 2 is 1.61 bits per heavy atom. The molecule has 5 amide bonds. The van der Waals surface area contributed by atoms with Crippen molar-refractivity contribution in [3.63, 3.8) is 0 Å². The molecule has 17 heteroatoms. The molecule has 6 heterocycles. The lowest BCUT2D eigenvalue weighted by atomic mass is 9.71. The number of ether oxygens (including phenoxy) is 1. The van der Waals surface area contributed by atoms with Crippen LogP contribution in [-0.4, -0.2) is 113 Å². The molecular formula is C44H47ClFN9O6. The van der Waals surface area contributed by atoms with Gasteiger partial charge >= 0.3 is 0 Å². The van der Waals surface area contributed by atoms with E-state index < -0.39 is 35.5 Å². The largest absolute Gasteiger partial charge is 0.490 e. The van der Waals surface area contributed by atoms with Gasteiger partial charge in [0.05, 0.1) is 51.6 Å². The van der Waals surface area contributed by atoms with Gasteiger partial charge in [-0.25, -0.2) is 14.4 Å². The number of rotatable bonds is 9. The maximum atomic E-state index is 15.4. The predicted molar refractivity (Wildman–Crippen MR) is 221 cm³/mol. The van der Waals surface area contributed by atoms with Gasteiger partial charge in [-0.2, -0.15) is 5.26 Å². The number of nitriles is 1. The van der Waals surface area contributed by atoms with Crippen LogP contribution in [0.25, 0.3) is 0 Å². The van der Waals surface area contributed by atoms with Crippen LogP contribution in [0.3, 0.4) is 0 Å². The summed E-state index contributed by atoms with van der Waals surface area (Å²) in [7, 11) is 0. The lowest BCUT2D eigenvalue weighted by molar-refractivity contribution is -0.136. The number of halogens is 2. The van der Waals surface area contributed by atoms with Gasteiger partial charge in [-0.3, -0.25) is 34.2 Å². The van der Waals surface area contributed by atoms with Crippen molar-refractivity contribution in [2.75, 3.05) is 55.6 Å². The average Bonchev–Trinajstić information content (AvgIpc) is 3.48. The first-order valence-corrected chi connectivity index (χ1v) is 21.6. The van der Waals surface area contributed by atoms with E-state index in [1.807, 2.05) is 11.0 Å². The van der Waals surface area contributed by atoms with Crippen LogP contribution < -0.4 is 25.2 Å². The number of nitrogens with zero attached hydrogens (tertiary/aromatic N) is 7. The van der Waals surface area contributed by atoms with Crippen molar-refractivity contribution in [2.24, 2.45) is 11.3 Å². The number of likely N-dealkylation sites (tertiary alicyclic amines) is 1. The van der Waals surface area contributed by atoms with Crippen LogP contribution in [0.2, 0.25) is 5.02 Å². The summed E-state index contributed by atoms with van der Waals surface area (Å²) in [6.07, 6.45) is 10.7. The highest BCUT2D eigenvalue weighted by Gasteiger charge is 2.48. The first kappa shape index (κ1) is 40.7. The van der Waals surface area contributed by atoms with E-state index in [1.165, 1.54) is 6.07 Å². The van der Waals surface area contributed by atoms with E-state index in [4.69, 9.17) is 21.6 Å². The zero-order chi connectivity index (χ0) is 42.4. The number of hydrogen-bond acceptors (Lipinski definition) is 12. The molecule has 1 aliphatic carbocycles. The highest BCUT2D eigenvalue weighted by Crippen LogP contribution is 2.45. The zero-order valence-corrected chi connectivity index (χ0v) is 34.5. The van der Waals surface area contributed by atoms with E-state index in [-0.39, 0.29) is 53.3 Å². The number of fused-ring (bicyclic) bond motifs is 1. The molecule has 1 unspecified atom stereocenters. The molecule has 6 aliphatic rings. The lowest BCUT2D eigenvalue weighted by Gasteiger charge is -2.55. The molecule has 318 valence electrons. The summed E-state index contributed by atoms with van der Waals surface area (Å²) in [4.78, 5) is 80.0. The summed E-state index contributed by atoms with van der Waals surface area (Å²) >= 11 is 6.15. The van der Waals surface area contributed by atoms with Crippen LogP contribution in [0.5, 0.6) is 5.75 Å². The minimum atomic E-state index is -1.09. The summed E-state index contributed by atoms with van der Waals surface area (Å²) < 4.78 is 21.5.